The summed E-state index contributed by atoms with van der Waals surface area (Å²) in [6.45, 7) is 1.24. The third-order valence-electron chi connectivity index (χ3n) is 3.04. The smallest absolute Gasteiger partial charge is 0.119 e. The van der Waals surface area contributed by atoms with Gasteiger partial charge in [-0.25, -0.2) is 0 Å². The summed E-state index contributed by atoms with van der Waals surface area (Å²) in [5.41, 5.74) is 0. The number of hydrogen-bond donors (Lipinski definition) is 2. The summed E-state index contributed by atoms with van der Waals surface area (Å²) in [6, 6.07) is 18.8. The molecule has 2 aromatic carbocycles. The van der Waals surface area contributed by atoms with Crippen molar-refractivity contribution in [2.24, 2.45) is 0 Å². The van der Waals surface area contributed by atoms with E-state index in [0.29, 0.717) is 18.8 Å². The number of nitrogens with one attached hydrogen (secondary N) is 1. The maximum absolute atomic E-state index is 12.0. The van der Waals surface area contributed by atoms with Crippen LogP contribution in [-0.4, -0.2) is 40.9 Å². The predicted octanol–water partition coefficient (Wildman–Crippen LogP) is 1.82. The van der Waals surface area contributed by atoms with Gasteiger partial charge in [0.15, 0.2) is 0 Å². The lowest BCUT2D eigenvalue weighted by molar-refractivity contribution is 0.107. The molecular weight excluding hydrogens is 298 g/mol. The maximum Gasteiger partial charge on any atom is 0.119 e. The van der Waals surface area contributed by atoms with Crippen molar-refractivity contribution in [2.45, 2.75) is 11.0 Å². The van der Waals surface area contributed by atoms with Gasteiger partial charge in [-0.15, -0.1) is 0 Å². The van der Waals surface area contributed by atoms with E-state index in [2.05, 4.69) is 5.32 Å². The van der Waals surface area contributed by atoms with Crippen LogP contribution in [0, 0.1) is 0 Å². The molecule has 5 heteroatoms. The first-order valence-corrected chi connectivity index (χ1v) is 8.57. The minimum absolute atomic E-state index is 0.235. The standard InChI is InChI=1S/C17H21NO3S/c19-15(14-21-16-7-3-1-4-8-16)13-18-11-12-22(20)17-9-5-2-6-10-17/h1-10,15,18-19H,11-14H2. The van der Waals surface area contributed by atoms with Crippen molar-refractivity contribution in [3.8, 4) is 5.75 Å². The Hall–Kier alpha value is -1.69. The number of aliphatic hydroxyl groups excluding tert-OH is 1. The highest BCUT2D eigenvalue weighted by atomic mass is 32.2. The molecule has 0 amide bonds. The quantitative estimate of drug-likeness (QED) is 0.692. The maximum atomic E-state index is 12.0. The molecule has 0 radical (unpaired) electrons. The highest BCUT2D eigenvalue weighted by Crippen LogP contribution is 2.08. The van der Waals surface area contributed by atoms with Crippen LogP contribution in [0.15, 0.2) is 65.6 Å². The van der Waals surface area contributed by atoms with E-state index in [1.54, 1.807) is 0 Å². The van der Waals surface area contributed by atoms with Crippen LogP contribution >= 0.6 is 0 Å². The van der Waals surface area contributed by atoms with Gasteiger partial charge in [-0.05, 0) is 24.3 Å². The fourth-order valence-corrected chi connectivity index (χ4v) is 2.92. The van der Waals surface area contributed by atoms with Crippen LogP contribution in [0.4, 0.5) is 0 Å². The first-order valence-electron chi connectivity index (χ1n) is 7.26. The Kier molecular flexibility index (Phi) is 7.09. The molecule has 0 aliphatic heterocycles. The molecule has 2 unspecified atom stereocenters. The number of rotatable bonds is 9. The minimum atomic E-state index is -1.01. The van der Waals surface area contributed by atoms with Gasteiger partial charge in [-0.2, -0.15) is 0 Å². The van der Waals surface area contributed by atoms with Crippen molar-refractivity contribution in [3.05, 3.63) is 60.7 Å². The molecule has 0 saturated carbocycles. The number of ether oxygens (including phenoxy) is 1. The molecule has 118 valence electrons. The summed E-state index contributed by atoms with van der Waals surface area (Å²) >= 11 is 0. The van der Waals surface area contributed by atoms with Crippen LogP contribution < -0.4 is 10.1 Å². The third kappa shape index (κ3) is 5.97. The molecule has 0 bridgehead atoms. The van der Waals surface area contributed by atoms with Crippen LogP contribution in [0.3, 0.4) is 0 Å². The van der Waals surface area contributed by atoms with Gasteiger partial charge >= 0.3 is 0 Å². The normalized spacial score (nSPS) is 13.5. The summed E-state index contributed by atoms with van der Waals surface area (Å²) < 4.78 is 17.4. The number of para-hydroxylation sites is 1. The first kappa shape index (κ1) is 16.7. The highest BCUT2D eigenvalue weighted by Gasteiger charge is 2.06. The second-order valence-corrected chi connectivity index (χ2v) is 6.42. The average Bonchev–Trinajstić information content (AvgIpc) is 2.58. The van der Waals surface area contributed by atoms with Gasteiger partial charge in [0.2, 0.25) is 0 Å². The number of benzene rings is 2. The molecule has 0 saturated heterocycles. The second kappa shape index (κ2) is 9.35. The van der Waals surface area contributed by atoms with Gasteiger partial charge in [0, 0.05) is 23.7 Å². The molecule has 0 aromatic heterocycles. The molecular formula is C17H21NO3S. The van der Waals surface area contributed by atoms with Gasteiger partial charge < -0.3 is 15.2 Å². The van der Waals surface area contributed by atoms with Crippen LogP contribution in [-0.2, 0) is 10.8 Å². The van der Waals surface area contributed by atoms with E-state index in [0.717, 1.165) is 10.6 Å². The SMILES string of the molecule is O=S(CCNCC(O)COc1ccccc1)c1ccccc1. The topological polar surface area (TPSA) is 58.6 Å². The lowest BCUT2D eigenvalue weighted by atomic mass is 10.3. The first-order chi connectivity index (χ1) is 10.8. The number of hydrogen-bond acceptors (Lipinski definition) is 4. The van der Waals surface area contributed by atoms with E-state index >= 15 is 0 Å². The summed E-state index contributed by atoms with van der Waals surface area (Å²) in [6.07, 6.45) is -0.592. The van der Waals surface area contributed by atoms with Crippen molar-refractivity contribution < 1.29 is 14.1 Å². The zero-order valence-corrected chi connectivity index (χ0v) is 13.2. The second-order valence-electron chi connectivity index (χ2n) is 4.84. The van der Waals surface area contributed by atoms with Crippen LogP contribution in [0.5, 0.6) is 5.75 Å². The Morgan fingerprint density at radius 3 is 2.36 bits per heavy atom. The monoisotopic (exact) mass is 319 g/mol. The molecule has 0 fully saturated rings. The van der Waals surface area contributed by atoms with E-state index in [9.17, 15) is 9.32 Å². The molecule has 2 aromatic rings. The molecule has 0 heterocycles. The Morgan fingerprint density at radius 2 is 1.68 bits per heavy atom. The third-order valence-corrected chi connectivity index (χ3v) is 4.41. The van der Waals surface area contributed by atoms with E-state index in [1.165, 1.54) is 0 Å². The van der Waals surface area contributed by atoms with E-state index in [-0.39, 0.29) is 6.61 Å². The van der Waals surface area contributed by atoms with Crippen LogP contribution in [0.2, 0.25) is 0 Å². The van der Waals surface area contributed by atoms with Gasteiger partial charge in [0.1, 0.15) is 18.5 Å². The Balaban J connectivity index is 1.59. The molecule has 0 aliphatic carbocycles. The zero-order valence-electron chi connectivity index (χ0n) is 12.4. The molecule has 22 heavy (non-hydrogen) atoms. The van der Waals surface area contributed by atoms with Crippen molar-refractivity contribution in [2.75, 3.05) is 25.4 Å². The molecule has 2 N–H and O–H groups in total. The summed E-state index contributed by atoms with van der Waals surface area (Å²) in [7, 11) is -1.01. The number of aliphatic hydroxyl groups is 1. The van der Waals surface area contributed by atoms with Crippen molar-refractivity contribution >= 4 is 10.8 Å². The minimum Gasteiger partial charge on any atom is -0.491 e. The zero-order chi connectivity index (χ0) is 15.6. The predicted molar refractivity (Wildman–Crippen MR) is 88.5 cm³/mol. The lowest BCUT2D eigenvalue weighted by Crippen LogP contribution is -2.33. The molecule has 2 atom stereocenters. The molecule has 4 nitrogen and oxygen atoms in total. The largest absolute Gasteiger partial charge is 0.491 e. The molecule has 0 aliphatic rings. The van der Waals surface area contributed by atoms with E-state index in [4.69, 9.17) is 4.74 Å². The Morgan fingerprint density at radius 1 is 1.05 bits per heavy atom. The van der Waals surface area contributed by atoms with E-state index in [1.807, 2.05) is 60.7 Å². The van der Waals surface area contributed by atoms with Crippen LogP contribution in [0.1, 0.15) is 0 Å². The van der Waals surface area contributed by atoms with E-state index < -0.39 is 16.9 Å². The summed E-state index contributed by atoms with van der Waals surface area (Å²) in [5, 5.41) is 12.9. The van der Waals surface area contributed by atoms with Gasteiger partial charge in [0.25, 0.3) is 0 Å². The fraction of sp³-hybridized carbons (Fsp3) is 0.294. The fourth-order valence-electron chi connectivity index (χ4n) is 1.89. The molecule has 0 spiro atoms. The highest BCUT2D eigenvalue weighted by molar-refractivity contribution is 7.85. The van der Waals surface area contributed by atoms with Crippen molar-refractivity contribution in [1.82, 2.24) is 5.32 Å². The average molecular weight is 319 g/mol. The van der Waals surface area contributed by atoms with Crippen LogP contribution in [0.25, 0.3) is 0 Å². The Labute approximate surface area is 133 Å². The van der Waals surface area contributed by atoms with Gasteiger partial charge in [-0.3, -0.25) is 4.21 Å². The van der Waals surface area contributed by atoms with Crippen molar-refractivity contribution in [3.63, 3.8) is 0 Å². The Bertz CT molecular complexity index is 563. The summed E-state index contributed by atoms with van der Waals surface area (Å²) in [4.78, 5) is 0.831. The van der Waals surface area contributed by atoms with Crippen molar-refractivity contribution in [1.29, 1.82) is 0 Å². The van der Waals surface area contributed by atoms with Gasteiger partial charge in [-0.1, -0.05) is 36.4 Å². The molecule has 2 rings (SSSR count). The van der Waals surface area contributed by atoms with Gasteiger partial charge in [0.05, 0.1) is 10.8 Å². The summed E-state index contributed by atoms with van der Waals surface area (Å²) in [5.74, 6) is 1.27. The lowest BCUT2D eigenvalue weighted by Gasteiger charge is -2.13.